The van der Waals surface area contributed by atoms with E-state index in [1.807, 2.05) is 17.9 Å². The van der Waals surface area contributed by atoms with E-state index in [0.717, 1.165) is 38.8 Å². The van der Waals surface area contributed by atoms with Crippen molar-refractivity contribution in [1.29, 1.82) is 0 Å². The fourth-order valence-electron chi connectivity index (χ4n) is 3.85. The Kier molecular flexibility index (Phi) is 4.26. The van der Waals surface area contributed by atoms with E-state index in [-0.39, 0.29) is 11.4 Å². The number of aryl methyl sites for hydroxylation is 1. The molecule has 1 amide bonds. The number of nitrogens with zero attached hydrogens (tertiary/aromatic N) is 3. The number of aromatic nitrogens is 2. The molecule has 1 atom stereocenters. The summed E-state index contributed by atoms with van der Waals surface area (Å²) in [5.41, 5.74) is 2.04. The molecule has 1 aliphatic heterocycles. The van der Waals surface area contributed by atoms with E-state index in [2.05, 4.69) is 29.2 Å². The number of hydrogen-bond acceptors (Lipinski definition) is 3. The van der Waals surface area contributed by atoms with Gasteiger partial charge in [-0.05, 0) is 46.1 Å². The predicted molar refractivity (Wildman–Crippen MR) is 86.4 cm³/mol. The highest BCUT2D eigenvalue weighted by Gasteiger charge is 2.43. The number of nitrogens with one attached hydrogen (secondary N) is 1. The van der Waals surface area contributed by atoms with E-state index in [4.69, 9.17) is 0 Å². The molecule has 0 bridgehead atoms. The van der Waals surface area contributed by atoms with Crippen LogP contribution >= 0.6 is 0 Å². The summed E-state index contributed by atoms with van der Waals surface area (Å²) in [7, 11) is 1.97. The van der Waals surface area contributed by atoms with Gasteiger partial charge in [-0.15, -0.1) is 0 Å². The molecule has 5 heteroatoms. The van der Waals surface area contributed by atoms with Crippen LogP contribution < -0.4 is 5.32 Å². The van der Waals surface area contributed by atoms with Gasteiger partial charge in [-0.3, -0.25) is 14.4 Å². The maximum Gasteiger partial charge on any atom is 0.240 e. The van der Waals surface area contributed by atoms with E-state index >= 15 is 0 Å². The Balaban J connectivity index is 1.70. The third kappa shape index (κ3) is 2.78. The summed E-state index contributed by atoms with van der Waals surface area (Å²) in [5.74, 6) is 0.221. The molecular formula is C17H28N4O. The maximum atomic E-state index is 12.8. The molecular weight excluding hydrogens is 276 g/mol. The highest BCUT2D eigenvalue weighted by Crippen LogP contribution is 2.32. The van der Waals surface area contributed by atoms with Crippen molar-refractivity contribution >= 4 is 5.91 Å². The van der Waals surface area contributed by atoms with Gasteiger partial charge < -0.3 is 5.32 Å². The smallest absolute Gasteiger partial charge is 0.240 e. The molecule has 2 aliphatic rings. The molecule has 5 nitrogen and oxygen atoms in total. The first-order chi connectivity index (χ1) is 10.5. The molecule has 0 aromatic carbocycles. The summed E-state index contributed by atoms with van der Waals surface area (Å²) < 4.78 is 1.90. The van der Waals surface area contributed by atoms with Gasteiger partial charge in [0, 0.05) is 30.9 Å². The zero-order valence-electron chi connectivity index (χ0n) is 14.1. The topological polar surface area (TPSA) is 50.2 Å². The summed E-state index contributed by atoms with van der Waals surface area (Å²) in [6.45, 7) is 6.00. The van der Waals surface area contributed by atoms with Gasteiger partial charge in [-0.2, -0.15) is 5.10 Å². The minimum Gasteiger partial charge on any atom is -0.352 e. The van der Waals surface area contributed by atoms with Gasteiger partial charge in [0.2, 0.25) is 5.91 Å². The maximum absolute atomic E-state index is 12.8. The van der Waals surface area contributed by atoms with Crippen molar-refractivity contribution in [3.05, 3.63) is 17.5 Å². The minimum atomic E-state index is -0.370. The van der Waals surface area contributed by atoms with E-state index in [1.165, 1.54) is 24.1 Å². The third-order valence-electron chi connectivity index (χ3n) is 5.67. The first kappa shape index (κ1) is 15.5. The second-order valence-electron chi connectivity index (χ2n) is 7.13. The van der Waals surface area contributed by atoms with Crippen molar-refractivity contribution in [2.75, 3.05) is 6.54 Å². The molecule has 1 aromatic rings. The summed E-state index contributed by atoms with van der Waals surface area (Å²) in [4.78, 5) is 15.2. The standard InChI is InChI=1S/C17H28N4O/c1-13-14(11-18-20(13)3)12-21-10-6-9-17(21,2)16(22)19-15-7-4-5-8-15/h11,15H,4-10,12H2,1-3H3,(H,19,22)/t17-/m0/s1. The molecule has 1 aromatic heterocycles. The lowest BCUT2D eigenvalue weighted by Crippen LogP contribution is -2.54. The lowest BCUT2D eigenvalue weighted by molar-refractivity contribution is -0.132. The summed E-state index contributed by atoms with van der Waals surface area (Å²) >= 11 is 0. The van der Waals surface area contributed by atoms with Gasteiger partial charge in [0.1, 0.15) is 0 Å². The fourth-order valence-corrected chi connectivity index (χ4v) is 3.85. The molecule has 0 radical (unpaired) electrons. The van der Waals surface area contributed by atoms with Crippen LogP contribution in [0.5, 0.6) is 0 Å². The van der Waals surface area contributed by atoms with Crippen LogP contribution in [0.2, 0.25) is 0 Å². The highest BCUT2D eigenvalue weighted by molar-refractivity contribution is 5.86. The molecule has 2 heterocycles. The van der Waals surface area contributed by atoms with E-state index < -0.39 is 0 Å². The van der Waals surface area contributed by atoms with Gasteiger partial charge >= 0.3 is 0 Å². The minimum absolute atomic E-state index is 0.221. The molecule has 0 unspecified atom stereocenters. The quantitative estimate of drug-likeness (QED) is 0.927. The molecule has 2 fully saturated rings. The largest absolute Gasteiger partial charge is 0.352 e. The second-order valence-corrected chi connectivity index (χ2v) is 7.13. The summed E-state index contributed by atoms with van der Waals surface area (Å²) in [6.07, 6.45) is 8.76. The van der Waals surface area contributed by atoms with E-state index in [0.29, 0.717) is 6.04 Å². The lowest BCUT2D eigenvalue weighted by atomic mass is 9.96. The number of hydrogen-bond donors (Lipinski definition) is 1. The van der Waals surface area contributed by atoms with Crippen molar-refractivity contribution in [1.82, 2.24) is 20.0 Å². The lowest BCUT2D eigenvalue weighted by Gasteiger charge is -2.34. The van der Waals surface area contributed by atoms with Gasteiger partial charge in [0.15, 0.2) is 0 Å². The molecule has 22 heavy (non-hydrogen) atoms. The van der Waals surface area contributed by atoms with Crippen LogP contribution in [0.15, 0.2) is 6.20 Å². The number of rotatable bonds is 4. The average Bonchev–Trinajstić information content (AvgIpc) is 3.19. The van der Waals surface area contributed by atoms with Crippen LogP contribution in [-0.4, -0.2) is 38.7 Å². The molecule has 1 saturated heterocycles. The molecule has 0 spiro atoms. The number of likely N-dealkylation sites (tertiary alicyclic amines) is 1. The van der Waals surface area contributed by atoms with Crippen LogP contribution in [-0.2, 0) is 18.4 Å². The number of carbonyl (C=O) groups is 1. The van der Waals surface area contributed by atoms with Gasteiger partial charge in [0.05, 0.1) is 11.7 Å². The van der Waals surface area contributed by atoms with Crippen molar-refractivity contribution in [3.8, 4) is 0 Å². The van der Waals surface area contributed by atoms with Crippen molar-refractivity contribution < 1.29 is 4.79 Å². The monoisotopic (exact) mass is 304 g/mol. The van der Waals surface area contributed by atoms with Gasteiger partial charge in [-0.1, -0.05) is 12.8 Å². The van der Waals surface area contributed by atoms with Gasteiger partial charge in [-0.25, -0.2) is 0 Å². The predicted octanol–water partition coefficient (Wildman–Crippen LogP) is 2.14. The molecule has 3 rings (SSSR count). The second kappa shape index (κ2) is 6.03. The molecule has 1 aliphatic carbocycles. The van der Waals surface area contributed by atoms with E-state index in [9.17, 15) is 4.79 Å². The highest BCUT2D eigenvalue weighted by atomic mass is 16.2. The normalized spacial score (nSPS) is 26.7. The molecule has 122 valence electrons. The Labute approximate surface area is 133 Å². The summed E-state index contributed by atoms with van der Waals surface area (Å²) in [6, 6.07) is 0.395. The number of carbonyl (C=O) groups excluding carboxylic acids is 1. The van der Waals surface area contributed by atoms with Gasteiger partial charge in [0.25, 0.3) is 0 Å². The zero-order valence-corrected chi connectivity index (χ0v) is 14.1. The Hall–Kier alpha value is -1.36. The Morgan fingerprint density at radius 3 is 2.77 bits per heavy atom. The van der Waals surface area contributed by atoms with Crippen LogP contribution in [0, 0.1) is 6.92 Å². The SMILES string of the molecule is Cc1c(CN2CCC[C@@]2(C)C(=O)NC2CCCC2)cnn1C. The molecule has 1 saturated carbocycles. The average molecular weight is 304 g/mol. The van der Waals surface area contributed by atoms with Crippen LogP contribution in [0.1, 0.15) is 56.7 Å². The Bertz CT molecular complexity index is 547. The fraction of sp³-hybridized carbons (Fsp3) is 0.765. The van der Waals surface area contributed by atoms with Crippen LogP contribution in [0.4, 0.5) is 0 Å². The van der Waals surface area contributed by atoms with Crippen molar-refractivity contribution in [2.24, 2.45) is 7.05 Å². The van der Waals surface area contributed by atoms with Crippen molar-refractivity contribution in [3.63, 3.8) is 0 Å². The Morgan fingerprint density at radius 1 is 1.41 bits per heavy atom. The van der Waals surface area contributed by atoms with Crippen molar-refractivity contribution in [2.45, 2.75) is 70.5 Å². The van der Waals surface area contributed by atoms with E-state index in [1.54, 1.807) is 0 Å². The zero-order chi connectivity index (χ0) is 15.7. The summed E-state index contributed by atoms with van der Waals surface area (Å²) in [5, 5.41) is 7.62. The first-order valence-electron chi connectivity index (χ1n) is 8.54. The molecule has 1 N–H and O–H groups in total. The first-order valence-corrected chi connectivity index (χ1v) is 8.54. The third-order valence-corrected chi connectivity index (χ3v) is 5.67. The number of amides is 1. The van der Waals surface area contributed by atoms with Crippen LogP contribution in [0.3, 0.4) is 0 Å². The Morgan fingerprint density at radius 2 is 2.14 bits per heavy atom. The van der Waals surface area contributed by atoms with Crippen LogP contribution in [0.25, 0.3) is 0 Å².